The number of ether oxygens (including phenoxy) is 2. The lowest BCUT2D eigenvalue weighted by molar-refractivity contribution is -0.122. The number of benzene rings is 2. The largest absolute Gasteiger partial charge is 0.485 e. The normalized spacial score (nSPS) is 15.9. The third kappa shape index (κ3) is 4.85. The van der Waals surface area contributed by atoms with Crippen LogP contribution in [0.2, 0.25) is 0 Å². The van der Waals surface area contributed by atoms with Crippen LogP contribution >= 0.6 is 0 Å². The van der Waals surface area contributed by atoms with Gasteiger partial charge in [0.05, 0.1) is 24.1 Å². The summed E-state index contributed by atoms with van der Waals surface area (Å²) in [5, 5.41) is 0.961. The van der Waals surface area contributed by atoms with E-state index in [0.29, 0.717) is 5.56 Å². The van der Waals surface area contributed by atoms with Crippen molar-refractivity contribution in [3.8, 4) is 5.75 Å². The van der Waals surface area contributed by atoms with Crippen molar-refractivity contribution in [2.75, 3.05) is 7.11 Å². The van der Waals surface area contributed by atoms with Gasteiger partial charge in [0.2, 0.25) is 5.91 Å². The number of hydrogen-bond acceptors (Lipinski definition) is 5. The minimum absolute atomic E-state index is 0.175. The second-order valence-electron chi connectivity index (χ2n) is 9.66. The lowest BCUT2D eigenvalue weighted by Gasteiger charge is -2.24. The van der Waals surface area contributed by atoms with Crippen molar-refractivity contribution in [3.05, 3.63) is 64.3 Å². The number of fused-ring (bicyclic) bond motifs is 3. The average Bonchev–Trinajstić information content (AvgIpc) is 3.20. The van der Waals surface area contributed by atoms with Gasteiger partial charge in [0.15, 0.2) is 0 Å². The maximum absolute atomic E-state index is 12.8. The number of methoxy groups -OCH3 is 1. The molecule has 0 saturated carbocycles. The van der Waals surface area contributed by atoms with E-state index in [1.807, 2.05) is 25.1 Å². The number of aryl methyl sites for hydroxylation is 2. The molecule has 0 spiro atoms. The third-order valence-electron chi connectivity index (χ3n) is 7.38. The molecule has 3 N–H and O–H groups in total. The molecule has 36 heavy (non-hydrogen) atoms. The molecule has 1 aliphatic rings. The molecule has 1 aromatic heterocycles. The van der Waals surface area contributed by atoms with E-state index in [1.54, 1.807) is 6.07 Å². The van der Waals surface area contributed by atoms with Gasteiger partial charge in [-0.2, -0.15) is 0 Å². The van der Waals surface area contributed by atoms with Gasteiger partial charge >= 0.3 is 5.97 Å². The maximum atomic E-state index is 12.8. The zero-order chi connectivity index (χ0) is 25.8. The zero-order valence-corrected chi connectivity index (χ0v) is 21.7. The first-order valence-corrected chi connectivity index (χ1v) is 12.9. The molecule has 0 radical (unpaired) electrons. The van der Waals surface area contributed by atoms with E-state index in [-0.39, 0.29) is 11.8 Å². The Hall–Kier alpha value is -3.32. The van der Waals surface area contributed by atoms with Crippen molar-refractivity contribution in [2.45, 2.75) is 70.8 Å². The maximum Gasteiger partial charge on any atom is 0.338 e. The van der Waals surface area contributed by atoms with Crippen LogP contribution in [0.5, 0.6) is 5.75 Å². The number of nitrogens with one attached hydrogen (secondary N) is 1. The first kappa shape index (κ1) is 25.8. The second kappa shape index (κ2) is 11.2. The molecule has 7 nitrogen and oxygen atoms in total. The number of nitrogens with two attached hydrogens (primary N) is 1. The van der Waals surface area contributed by atoms with Crippen LogP contribution in [0.1, 0.15) is 90.7 Å². The van der Waals surface area contributed by atoms with Gasteiger partial charge in [0.1, 0.15) is 11.9 Å². The summed E-state index contributed by atoms with van der Waals surface area (Å²) < 4.78 is 13.9. The van der Waals surface area contributed by atoms with Gasteiger partial charge in [0.25, 0.3) is 0 Å². The molecule has 0 aliphatic heterocycles. The molecule has 0 saturated heterocycles. The summed E-state index contributed by atoms with van der Waals surface area (Å²) in [6.45, 7) is 4.14. The van der Waals surface area contributed by atoms with E-state index < -0.39 is 12.1 Å². The van der Waals surface area contributed by atoms with Crippen LogP contribution in [0.3, 0.4) is 0 Å². The van der Waals surface area contributed by atoms with Crippen LogP contribution < -0.4 is 16.0 Å². The fourth-order valence-electron chi connectivity index (χ4n) is 5.54. The van der Waals surface area contributed by atoms with Crippen LogP contribution in [-0.2, 0) is 29.4 Å². The Morgan fingerprint density at radius 3 is 2.72 bits per heavy atom. The van der Waals surface area contributed by atoms with Crippen molar-refractivity contribution in [2.24, 2.45) is 12.9 Å². The molecule has 2 atom stereocenters. The molecule has 1 unspecified atom stereocenters. The molecule has 0 fully saturated rings. The van der Waals surface area contributed by atoms with Crippen LogP contribution in [0.15, 0.2) is 36.4 Å². The Bertz CT molecular complexity index is 1260. The standard InChI is InChI=1S/C29H37N3O4/c1-5-6-7-11-19-16-24-27(26-22(28(33)31-30)14-10-15-23(26)32(24)3)25(17-19)36-18(2)20-12-8-9-13-21(20)29(34)35-4/h8-9,12-13,16-18,22H,5-7,10-11,14-15,30H2,1-4H3,(H,31,33)/t18-,22?/m0/s1. The Morgan fingerprint density at radius 2 is 2.00 bits per heavy atom. The lowest BCUT2D eigenvalue weighted by atomic mass is 9.84. The van der Waals surface area contributed by atoms with Gasteiger partial charge in [-0.3, -0.25) is 10.2 Å². The number of carbonyl (C=O) groups is 2. The summed E-state index contributed by atoms with van der Waals surface area (Å²) in [5.74, 6) is 5.42. The van der Waals surface area contributed by atoms with Gasteiger partial charge in [-0.25, -0.2) is 10.6 Å². The molecule has 7 heteroatoms. The van der Waals surface area contributed by atoms with Crippen molar-refractivity contribution < 1.29 is 19.1 Å². The van der Waals surface area contributed by atoms with Gasteiger partial charge in [-0.15, -0.1) is 0 Å². The summed E-state index contributed by atoms with van der Waals surface area (Å²) in [4.78, 5) is 25.2. The predicted molar refractivity (Wildman–Crippen MR) is 141 cm³/mol. The number of esters is 1. The molecular weight excluding hydrogens is 454 g/mol. The second-order valence-corrected chi connectivity index (χ2v) is 9.66. The van der Waals surface area contributed by atoms with Crippen molar-refractivity contribution >= 4 is 22.8 Å². The molecule has 192 valence electrons. The van der Waals surface area contributed by atoms with Crippen molar-refractivity contribution in [1.29, 1.82) is 0 Å². The highest BCUT2D eigenvalue weighted by molar-refractivity contribution is 5.98. The molecule has 0 bridgehead atoms. The molecular formula is C29H37N3O4. The SMILES string of the molecule is CCCCCc1cc(O[C@@H](C)c2ccccc2C(=O)OC)c2c3c(n(C)c2c1)CCCC3C(=O)NN. The monoisotopic (exact) mass is 491 g/mol. The number of hydrogen-bond donors (Lipinski definition) is 2. The number of amides is 1. The zero-order valence-electron chi connectivity index (χ0n) is 21.7. The number of nitrogens with zero attached hydrogens (tertiary/aromatic N) is 1. The van der Waals surface area contributed by atoms with Gasteiger partial charge in [-0.05, 0) is 68.4 Å². The smallest absolute Gasteiger partial charge is 0.338 e. The summed E-state index contributed by atoms with van der Waals surface area (Å²) >= 11 is 0. The van der Waals surface area contributed by atoms with Crippen molar-refractivity contribution in [3.63, 3.8) is 0 Å². The van der Waals surface area contributed by atoms with E-state index in [0.717, 1.165) is 72.0 Å². The lowest BCUT2D eigenvalue weighted by Crippen LogP contribution is -2.36. The number of rotatable bonds is 9. The van der Waals surface area contributed by atoms with E-state index >= 15 is 0 Å². The number of hydrazine groups is 1. The summed E-state index contributed by atoms with van der Waals surface area (Å²) in [6.07, 6.45) is 6.54. The van der Waals surface area contributed by atoms with Crippen LogP contribution in [-0.4, -0.2) is 23.6 Å². The van der Waals surface area contributed by atoms with E-state index in [1.165, 1.54) is 19.1 Å². The fourth-order valence-corrected chi connectivity index (χ4v) is 5.54. The van der Waals surface area contributed by atoms with Crippen molar-refractivity contribution in [1.82, 2.24) is 9.99 Å². The Balaban J connectivity index is 1.86. The fraction of sp³-hybridized carbons (Fsp3) is 0.448. The molecule has 4 rings (SSSR count). The van der Waals surface area contributed by atoms with Gasteiger partial charge in [0, 0.05) is 23.7 Å². The van der Waals surface area contributed by atoms with Gasteiger partial charge < -0.3 is 14.0 Å². The Kier molecular flexibility index (Phi) is 7.99. The summed E-state index contributed by atoms with van der Waals surface area (Å²) in [6, 6.07) is 11.7. The summed E-state index contributed by atoms with van der Waals surface area (Å²) in [5.41, 5.74) is 8.04. The first-order chi connectivity index (χ1) is 17.4. The third-order valence-corrected chi connectivity index (χ3v) is 7.38. The Labute approximate surface area is 212 Å². The average molecular weight is 492 g/mol. The van der Waals surface area contributed by atoms with E-state index in [9.17, 15) is 9.59 Å². The predicted octanol–water partition coefficient (Wildman–Crippen LogP) is 5.25. The minimum Gasteiger partial charge on any atom is -0.485 e. The molecule has 3 aromatic rings. The van der Waals surface area contributed by atoms with Crippen LogP contribution in [0.25, 0.3) is 10.9 Å². The number of carbonyl (C=O) groups excluding carboxylic acids is 2. The highest BCUT2D eigenvalue weighted by Gasteiger charge is 2.33. The van der Waals surface area contributed by atoms with Gasteiger partial charge in [-0.1, -0.05) is 38.0 Å². The Morgan fingerprint density at radius 1 is 1.22 bits per heavy atom. The molecule has 2 aromatic carbocycles. The van der Waals surface area contributed by atoms with Crippen LogP contribution in [0, 0.1) is 0 Å². The molecule has 1 amide bonds. The number of unbranched alkanes of at least 4 members (excludes halogenated alkanes) is 2. The summed E-state index contributed by atoms with van der Waals surface area (Å²) in [7, 11) is 3.45. The highest BCUT2D eigenvalue weighted by atomic mass is 16.5. The highest BCUT2D eigenvalue weighted by Crippen LogP contribution is 2.44. The molecule has 1 aliphatic carbocycles. The van der Waals surface area contributed by atoms with E-state index in [4.69, 9.17) is 15.3 Å². The minimum atomic E-state index is -0.407. The number of aromatic nitrogens is 1. The van der Waals surface area contributed by atoms with Crippen LogP contribution in [0.4, 0.5) is 0 Å². The topological polar surface area (TPSA) is 95.6 Å². The quantitative estimate of drug-likeness (QED) is 0.140. The first-order valence-electron chi connectivity index (χ1n) is 12.9. The van der Waals surface area contributed by atoms with E-state index in [2.05, 4.69) is 36.1 Å². The molecule has 1 heterocycles.